The molecule has 1 atom stereocenters. The number of nitrogens with zero attached hydrogens (tertiary/aromatic N) is 1. The van der Waals surface area contributed by atoms with Gasteiger partial charge in [-0.1, -0.05) is 6.42 Å². The number of halogens is 2. The SMILES string of the molecule is COc1c(F)cc(CN2CCCCC2CNC(=O)OC(C)(C)C)cc1F. The molecule has 1 unspecified atom stereocenters. The van der Waals surface area contributed by atoms with Crippen LogP contribution in [-0.4, -0.2) is 42.8 Å². The molecule has 0 saturated carbocycles. The van der Waals surface area contributed by atoms with E-state index in [0.717, 1.165) is 25.8 Å². The van der Waals surface area contributed by atoms with Gasteiger partial charge in [0.25, 0.3) is 0 Å². The van der Waals surface area contributed by atoms with Crippen LogP contribution in [0.25, 0.3) is 0 Å². The Kier molecular flexibility index (Phi) is 6.81. The van der Waals surface area contributed by atoms with Gasteiger partial charge in [-0.05, 0) is 57.9 Å². The van der Waals surface area contributed by atoms with Crippen molar-refractivity contribution >= 4 is 6.09 Å². The van der Waals surface area contributed by atoms with Gasteiger partial charge < -0.3 is 14.8 Å². The molecule has 1 aliphatic heterocycles. The highest BCUT2D eigenvalue weighted by atomic mass is 19.1. The zero-order valence-corrected chi connectivity index (χ0v) is 15.9. The number of nitrogens with one attached hydrogen (secondary N) is 1. The van der Waals surface area contributed by atoms with Gasteiger partial charge in [-0.25, -0.2) is 13.6 Å². The highest BCUT2D eigenvalue weighted by Crippen LogP contribution is 2.25. The van der Waals surface area contributed by atoms with Gasteiger partial charge >= 0.3 is 6.09 Å². The van der Waals surface area contributed by atoms with Crippen LogP contribution >= 0.6 is 0 Å². The van der Waals surface area contributed by atoms with Crippen molar-refractivity contribution in [1.82, 2.24) is 10.2 Å². The van der Waals surface area contributed by atoms with E-state index < -0.39 is 23.3 Å². The molecule has 5 nitrogen and oxygen atoms in total. The van der Waals surface area contributed by atoms with Crippen molar-refractivity contribution in [2.24, 2.45) is 0 Å². The number of rotatable bonds is 5. The van der Waals surface area contributed by atoms with Gasteiger partial charge in [0.15, 0.2) is 17.4 Å². The molecule has 0 radical (unpaired) electrons. The number of amides is 1. The fourth-order valence-corrected chi connectivity index (χ4v) is 3.15. The maximum atomic E-state index is 13.9. The highest BCUT2D eigenvalue weighted by molar-refractivity contribution is 5.67. The molecule has 1 fully saturated rings. The number of methoxy groups -OCH3 is 1. The second-order valence-electron chi connectivity index (χ2n) is 7.60. The molecule has 1 N–H and O–H groups in total. The first-order valence-electron chi connectivity index (χ1n) is 8.92. The molecule has 26 heavy (non-hydrogen) atoms. The Hall–Kier alpha value is -1.89. The van der Waals surface area contributed by atoms with Crippen molar-refractivity contribution in [1.29, 1.82) is 0 Å². The van der Waals surface area contributed by atoms with Crippen LogP contribution in [0.1, 0.15) is 45.6 Å². The predicted octanol–water partition coefficient (Wildman–Crippen LogP) is 3.85. The fraction of sp³-hybridized carbons (Fsp3) is 0.632. The van der Waals surface area contributed by atoms with Gasteiger partial charge in [0, 0.05) is 19.1 Å². The van der Waals surface area contributed by atoms with E-state index in [1.54, 1.807) is 0 Å². The Morgan fingerprint density at radius 2 is 1.92 bits per heavy atom. The van der Waals surface area contributed by atoms with Crippen LogP contribution in [0, 0.1) is 11.6 Å². The van der Waals surface area contributed by atoms with Crippen molar-refractivity contribution in [2.75, 3.05) is 20.2 Å². The molecule has 0 bridgehead atoms. The first kappa shape index (κ1) is 20.4. The monoisotopic (exact) mass is 370 g/mol. The topological polar surface area (TPSA) is 50.8 Å². The number of hydrogen-bond acceptors (Lipinski definition) is 4. The Balaban J connectivity index is 1.99. The number of carbonyl (C=O) groups excluding carboxylic acids is 1. The van der Waals surface area contributed by atoms with Crippen LogP contribution < -0.4 is 10.1 Å². The van der Waals surface area contributed by atoms with Gasteiger partial charge in [0.2, 0.25) is 0 Å². The summed E-state index contributed by atoms with van der Waals surface area (Å²) in [6.45, 7) is 7.11. The molecule has 0 spiro atoms. The molecule has 1 aromatic rings. The molecule has 146 valence electrons. The summed E-state index contributed by atoms with van der Waals surface area (Å²) in [5, 5.41) is 2.79. The molecule has 1 aromatic carbocycles. The van der Waals surface area contributed by atoms with Crippen LogP contribution in [0.5, 0.6) is 5.75 Å². The first-order chi connectivity index (χ1) is 12.2. The number of likely N-dealkylation sites (tertiary alicyclic amines) is 1. The Labute approximate surface area is 153 Å². The van der Waals surface area contributed by atoms with Gasteiger partial charge in [0.05, 0.1) is 7.11 Å². The second-order valence-corrected chi connectivity index (χ2v) is 7.60. The molecule has 0 aromatic heterocycles. The summed E-state index contributed by atoms with van der Waals surface area (Å²) in [5.41, 5.74) is -0.000872. The van der Waals surface area contributed by atoms with Crippen molar-refractivity contribution in [3.05, 3.63) is 29.3 Å². The van der Waals surface area contributed by atoms with Crippen LogP contribution in [0.15, 0.2) is 12.1 Å². The summed E-state index contributed by atoms with van der Waals surface area (Å²) in [6.07, 6.45) is 2.54. The van der Waals surface area contributed by atoms with Gasteiger partial charge in [0.1, 0.15) is 5.60 Å². The third-order valence-corrected chi connectivity index (χ3v) is 4.28. The highest BCUT2D eigenvalue weighted by Gasteiger charge is 2.25. The lowest BCUT2D eigenvalue weighted by atomic mass is 10.0. The Morgan fingerprint density at radius 1 is 1.27 bits per heavy atom. The third kappa shape index (κ3) is 5.83. The number of alkyl carbamates (subject to hydrolysis) is 1. The van der Waals surface area contributed by atoms with Crippen LogP contribution in [0.4, 0.5) is 13.6 Å². The van der Waals surface area contributed by atoms with E-state index in [0.29, 0.717) is 18.7 Å². The third-order valence-electron chi connectivity index (χ3n) is 4.28. The largest absolute Gasteiger partial charge is 0.491 e. The molecular formula is C19H28F2N2O3. The minimum atomic E-state index is -0.706. The van der Waals surface area contributed by atoms with E-state index >= 15 is 0 Å². The van der Waals surface area contributed by atoms with E-state index in [2.05, 4.69) is 10.2 Å². The molecule has 1 heterocycles. The van der Waals surface area contributed by atoms with Crippen LogP contribution in [0.2, 0.25) is 0 Å². The minimum absolute atomic E-state index is 0.101. The van der Waals surface area contributed by atoms with Crippen molar-refractivity contribution in [2.45, 2.75) is 58.2 Å². The maximum absolute atomic E-state index is 13.9. The number of hydrogen-bond donors (Lipinski definition) is 1. The number of piperidine rings is 1. The molecule has 7 heteroatoms. The van der Waals surface area contributed by atoms with Gasteiger partial charge in [-0.3, -0.25) is 4.90 Å². The molecule has 1 amide bonds. The summed E-state index contributed by atoms with van der Waals surface area (Å²) >= 11 is 0. The maximum Gasteiger partial charge on any atom is 0.407 e. The van der Waals surface area contributed by atoms with Gasteiger partial charge in [-0.15, -0.1) is 0 Å². The Bertz CT molecular complexity index is 609. The van der Waals surface area contributed by atoms with Crippen LogP contribution in [0.3, 0.4) is 0 Å². The summed E-state index contributed by atoms with van der Waals surface area (Å²) in [6, 6.07) is 2.70. The zero-order valence-electron chi connectivity index (χ0n) is 15.9. The summed E-state index contributed by atoms with van der Waals surface area (Å²) < 4.78 is 37.8. The average molecular weight is 370 g/mol. The molecule has 1 aliphatic rings. The van der Waals surface area contributed by atoms with E-state index in [9.17, 15) is 13.6 Å². The first-order valence-corrected chi connectivity index (χ1v) is 8.92. The summed E-state index contributed by atoms with van der Waals surface area (Å²) in [7, 11) is 1.24. The lowest BCUT2D eigenvalue weighted by Gasteiger charge is -2.36. The molecule has 0 aliphatic carbocycles. The lowest BCUT2D eigenvalue weighted by Crippen LogP contribution is -2.47. The number of ether oxygens (including phenoxy) is 2. The normalized spacial score (nSPS) is 18.5. The molecular weight excluding hydrogens is 342 g/mol. The van der Waals surface area contributed by atoms with Crippen molar-refractivity contribution < 1.29 is 23.0 Å². The standard InChI is InChI=1S/C19H28F2N2O3/c1-19(2,3)26-18(24)22-11-14-7-5-6-8-23(14)12-13-9-15(20)17(25-4)16(21)10-13/h9-10,14H,5-8,11-12H2,1-4H3,(H,22,24). The number of benzene rings is 1. The van der Waals surface area contributed by atoms with E-state index in [1.807, 2.05) is 20.8 Å². The second kappa shape index (κ2) is 8.66. The Morgan fingerprint density at radius 3 is 2.50 bits per heavy atom. The van der Waals surface area contributed by atoms with Crippen LogP contribution in [-0.2, 0) is 11.3 Å². The van der Waals surface area contributed by atoms with E-state index in [4.69, 9.17) is 9.47 Å². The summed E-state index contributed by atoms with van der Waals surface area (Å²) in [4.78, 5) is 14.0. The van der Waals surface area contributed by atoms with Crippen molar-refractivity contribution in [3.63, 3.8) is 0 Å². The van der Waals surface area contributed by atoms with E-state index in [1.165, 1.54) is 19.2 Å². The molecule has 2 rings (SSSR count). The smallest absolute Gasteiger partial charge is 0.407 e. The zero-order chi connectivity index (χ0) is 19.3. The average Bonchev–Trinajstić information content (AvgIpc) is 2.52. The predicted molar refractivity (Wildman–Crippen MR) is 95.2 cm³/mol. The fourth-order valence-electron chi connectivity index (χ4n) is 3.15. The van der Waals surface area contributed by atoms with Crippen molar-refractivity contribution in [3.8, 4) is 5.75 Å². The molecule has 1 saturated heterocycles. The summed E-state index contributed by atoms with van der Waals surface area (Å²) in [5.74, 6) is -1.78. The lowest BCUT2D eigenvalue weighted by molar-refractivity contribution is 0.0492. The van der Waals surface area contributed by atoms with E-state index in [-0.39, 0.29) is 11.8 Å². The number of carbonyl (C=O) groups is 1. The quantitative estimate of drug-likeness (QED) is 0.855. The minimum Gasteiger partial charge on any atom is -0.491 e. The van der Waals surface area contributed by atoms with Gasteiger partial charge in [-0.2, -0.15) is 0 Å².